The number of benzene rings is 2. The van der Waals surface area contributed by atoms with Crippen LogP contribution in [0.3, 0.4) is 0 Å². The molecule has 0 aliphatic carbocycles. The molecule has 1 heterocycles. The minimum absolute atomic E-state index is 0.00699. The molecule has 0 fully saturated rings. The van der Waals surface area contributed by atoms with Crippen LogP contribution in [0.4, 0.5) is 5.69 Å². The number of pyridine rings is 1. The zero-order valence-corrected chi connectivity index (χ0v) is 13.6. The maximum absolute atomic E-state index is 11.0. The van der Waals surface area contributed by atoms with Gasteiger partial charge in [-0.25, -0.2) is 4.98 Å². The van der Waals surface area contributed by atoms with Crippen LogP contribution in [0.1, 0.15) is 25.5 Å². The Balaban J connectivity index is 1.79. The number of nitrogens with one attached hydrogen (secondary N) is 1. The molecule has 3 aromatic rings. The van der Waals surface area contributed by atoms with Crippen LogP contribution >= 0.6 is 0 Å². The molecule has 0 radical (unpaired) electrons. The van der Waals surface area contributed by atoms with Gasteiger partial charge in [0.15, 0.2) is 0 Å². The van der Waals surface area contributed by atoms with E-state index in [0.29, 0.717) is 11.6 Å². The van der Waals surface area contributed by atoms with Gasteiger partial charge in [0.2, 0.25) is 11.8 Å². The fourth-order valence-electron chi connectivity index (χ4n) is 2.40. The first-order chi connectivity index (χ1) is 11.5. The standard InChI is InChI=1S/C19H19N3O2/c1-12(20)14-3-9-18-15(11-14)4-10-19(22-18)24-17-7-5-16(6-8-17)21-13(2)23/h3-12H,20H2,1-2H3,(H,21,23). The monoisotopic (exact) mass is 321 g/mol. The lowest BCUT2D eigenvalue weighted by Crippen LogP contribution is -2.05. The van der Waals surface area contributed by atoms with Crippen LogP contribution in [-0.4, -0.2) is 10.9 Å². The lowest BCUT2D eigenvalue weighted by molar-refractivity contribution is -0.114. The Bertz CT molecular complexity index is 873. The normalized spacial score (nSPS) is 12.0. The molecule has 122 valence electrons. The van der Waals surface area contributed by atoms with E-state index in [1.807, 2.05) is 37.3 Å². The molecule has 0 saturated heterocycles. The smallest absolute Gasteiger partial charge is 0.221 e. The first kappa shape index (κ1) is 16.0. The summed E-state index contributed by atoms with van der Waals surface area (Å²) in [5.74, 6) is 1.07. The summed E-state index contributed by atoms with van der Waals surface area (Å²) in [6.45, 7) is 3.43. The number of amides is 1. The molecule has 0 aliphatic rings. The van der Waals surface area contributed by atoms with Crippen molar-refractivity contribution in [2.75, 3.05) is 5.32 Å². The molecule has 1 amide bonds. The van der Waals surface area contributed by atoms with E-state index >= 15 is 0 Å². The predicted octanol–water partition coefficient (Wildman–Crippen LogP) is 4.01. The van der Waals surface area contributed by atoms with Gasteiger partial charge < -0.3 is 15.8 Å². The van der Waals surface area contributed by atoms with Crippen molar-refractivity contribution in [2.45, 2.75) is 19.9 Å². The van der Waals surface area contributed by atoms with Gasteiger partial charge in [0.1, 0.15) is 5.75 Å². The van der Waals surface area contributed by atoms with Gasteiger partial charge in [-0.1, -0.05) is 6.07 Å². The van der Waals surface area contributed by atoms with Gasteiger partial charge in [0.25, 0.3) is 0 Å². The summed E-state index contributed by atoms with van der Waals surface area (Å²) in [7, 11) is 0. The third-order valence-corrected chi connectivity index (χ3v) is 3.61. The van der Waals surface area contributed by atoms with Crippen molar-refractivity contribution in [2.24, 2.45) is 5.73 Å². The van der Waals surface area contributed by atoms with Gasteiger partial charge in [-0.2, -0.15) is 0 Å². The number of fused-ring (bicyclic) bond motifs is 1. The molecule has 3 N–H and O–H groups in total. The first-order valence-corrected chi connectivity index (χ1v) is 7.73. The maximum Gasteiger partial charge on any atom is 0.221 e. The van der Waals surface area contributed by atoms with Crippen molar-refractivity contribution in [1.29, 1.82) is 0 Å². The molecule has 5 nitrogen and oxygen atoms in total. The minimum atomic E-state index is -0.106. The molecular weight excluding hydrogens is 302 g/mol. The van der Waals surface area contributed by atoms with E-state index in [2.05, 4.69) is 10.3 Å². The van der Waals surface area contributed by atoms with Gasteiger partial charge in [0, 0.05) is 30.1 Å². The van der Waals surface area contributed by atoms with Crippen LogP contribution in [0, 0.1) is 0 Å². The Kier molecular flexibility index (Phi) is 4.44. The lowest BCUT2D eigenvalue weighted by Gasteiger charge is -2.09. The van der Waals surface area contributed by atoms with Crippen molar-refractivity contribution in [1.82, 2.24) is 4.98 Å². The van der Waals surface area contributed by atoms with Crippen LogP contribution in [0.5, 0.6) is 11.6 Å². The summed E-state index contributed by atoms with van der Waals surface area (Å²) in [5.41, 5.74) is 8.56. The number of hydrogen-bond acceptors (Lipinski definition) is 4. The fourth-order valence-corrected chi connectivity index (χ4v) is 2.40. The van der Waals surface area contributed by atoms with E-state index < -0.39 is 0 Å². The highest BCUT2D eigenvalue weighted by Crippen LogP contribution is 2.25. The second kappa shape index (κ2) is 6.68. The highest BCUT2D eigenvalue weighted by Gasteiger charge is 2.05. The summed E-state index contributed by atoms with van der Waals surface area (Å²) in [4.78, 5) is 15.5. The summed E-state index contributed by atoms with van der Waals surface area (Å²) < 4.78 is 5.78. The highest BCUT2D eigenvalue weighted by molar-refractivity contribution is 5.88. The Morgan fingerprint density at radius 2 is 1.88 bits per heavy atom. The van der Waals surface area contributed by atoms with E-state index in [-0.39, 0.29) is 11.9 Å². The Hall–Kier alpha value is -2.92. The van der Waals surface area contributed by atoms with Gasteiger partial charge in [-0.05, 0) is 55.0 Å². The zero-order valence-electron chi connectivity index (χ0n) is 13.6. The Labute approximate surface area is 140 Å². The number of nitrogens with zero attached hydrogens (tertiary/aromatic N) is 1. The highest BCUT2D eigenvalue weighted by atomic mass is 16.5. The Morgan fingerprint density at radius 1 is 1.12 bits per heavy atom. The molecule has 0 saturated carbocycles. The van der Waals surface area contributed by atoms with Crippen molar-refractivity contribution in [3.63, 3.8) is 0 Å². The topological polar surface area (TPSA) is 77.2 Å². The molecule has 0 spiro atoms. The molecule has 5 heteroatoms. The van der Waals surface area contributed by atoms with Crippen molar-refractivity contribution >= 4 is 22.5 Å². The van der Waals surface area contributed by atoms with Crippen LogP contribution in [0.2, 0.25) is 0 Å². The van der Waals surface area contributed by atoms with Crippen LogP contribution < -0.4 is 15.8 Å². The molecule has 2 aromatic carbocycles. The second-order valence-corrected chi connectivity index (χ2v) is 5.70. The molecule has 24 heavy (non-hydrogen) atoms. The SMILES string of the molecule is CC(=O)Nc1ccc(Oc2ccc3cc(C(C)N)ccc3n2)cc1. The van der Waals surface area contributed by atoms with Gasteiger partial charge >= 0.3 is 0 Å². The summed E-state index contributed by atoms with van der Waals surface area (Å²) >= 11 is 0. The number of carbonyl (C=O) groups excluding carboxylic acids is 1. The van der Waals surface area contributed by atoms with Gasteiger partial charge in [0.05, 0.1) is 5.52 Å². The van der Waals surface area contributed by atoms with E-state index in [1.165, 1.54) is 6.92 Å². The van der Waals surface area contributed by atoms with Crippen molar-refractivity contribution < 1.29 is 9.53 Å². The van der Waals surface area contributed by atoms with E-state index in [1.54, 1.807) is 24.3 Å². The van der Waals surface area contributed by atoms with E-state index in [0.717, 1.165) is 22.2 Å². The number of aromatic nitrogens is 1. The van der Waals surface area contributed by atoms with Gasteiger partial charge in [-0.15, -0.1) is 0 Å². The molecule has 0 aliphatic heterocycles. The van der Waals surface area contributed by atoms with Crippen LogP contribution in [0.25, 0.3) is 10.9 Å². The largest absolute Gasteiger partial charge is 0.439 e. The summed E-state index contributed by atoms with van der Waals surface area (Å²) in [5, 5.41) is 3.74. The minimum Gasteiger partial charge on any atom is -0.439 e. The average Bonchev–Trinajstić information content (AvgIpc) is 2.55. The van der Waals surface area contributed by atoms with Crippen LogP contribution in [0.15, 0.2) is 54.6 Å². The number of nitrogens with two attached hydrogens (primary N) is 1. The molecule has 1 aromatic heterocycles. The molecule has 3 rings (SSSR count). The second-order valence-electron chi connectivity index (χ2n) is 5.70. The number of carbonyl (C=O) groups is 1. The van der Waals surface area contributed by atoms with E-state index in [9.17, 15) is 4.79 Å². The molecule has 1 atom stereocenters. The number of ether oxygens (including phenoxy) is 1. The quantitative estimate of drug-likeness (QED) is 0.761. The van der Waals surface area contributed by atoms with Crippen molar-refractivity contribution in [3.8, 4) is 11.6 Å². The Morgan fingerprint density at radius 3 is 2.54 bits per heavy atom. The zero-order chi connectivity index (χ0) is 17.1. The van der Waals surface area contributed by atoms with Crippen molar-refractivity contribution in [3.05, 3.63) is 60.2 Å². The third-order valence-electron chi connectivity index (χ3n) is 3.61. The average molecular weight is 321 g/mol. The number of anilines is 1. The van der Waals surface area contributed by atoms with Crippen LogP contribution in [-0.2, 0) is 4.79 Å². The molecule has 1 unspecified atom stereocenters. The third kappa shape index (κ3) is 3.70. The van der Waals surface area contributed by atoms with E-state index in [4.69, 9.17) is 10.5 Å². The summed E-state index contributed by atoms with van der Waals surface area (Å²) in [6.07, 6.45) is 0. The fraction of sp³-hybridized carbons (Fsp3) is 0.158. The number of hydrogen-bond donors (Lipinski definition) is 2. The van der Waals surface area contributed by atoms with Gasteiger partial charge in [-0.3, -0.25) is 4.79 Å². The molecular formula is C19H19N3O2. The maximum atomic E-state index is 11.0. The predicted molar refractivity (Wildman–Crippen MR) is 95.2 cm³/mol. The first-order valence-electron chi connectivity index (χ1n) is 7.73. The summed E-state index contributed by atoms with van der Waals surface area (Å²) in [6, 6.07) is 16.9. The molecule has 0 bridgehead atoms. The number of rotatable bonds is 4. The lowest BCUT2D eigenvalue weighted by atomic mass is 10.1.